The number of alkyl halides is 5. The zero-order valence-corrected chi connectivity index (χ0v) is 9.61. The SMILES string of the molecule is CNC1(c2cccc(C(F)(F)C(F)(F)F)c2)CC1. The van der Waals surface area contributed by atoms with Crippen molar-refractivity contribution in [2.45, 2.75) is 30.5 Å². The third-order valence-corrected chi connectivity index (χ3v) is 3.36. The van der Waals surface area contributed by atoms with Gasteiger partial charge in [0.05, 0.1) is 0 Å². The normalized spacial score (nSPS) is 18.8. The summed E-state index contributed by atoms with van der Waals surface area (Å²) in [5.41, 5.74) is -0.960. The summed E-state index contributed by atoms with van der Waals surface area (Å²) in [5, 5.41) is 2.96. The van der Waals surface area contributed by atoms with Gasteiger partial charge in [-0.15, -0.1) is 0 Å². The van der Waals surface area contributed by atoms with Crippen LogP contribution in [-0.2, 0) is 11.5 Å². The van der Waals surface area contributed by atoms with E-state index in [1.807, 2.05) is 0 Å². The van der Waals surface area contributed by atoms with Crippen LogP contribution in [0.3, 0.4) is 0 Å². The Balaban J connectivity index is 2.39. The highest BCUT2D eigenvalue weighted by Gasteiger charge is 2.59. The molecule has 1 saturated carbocycles. The molecular weight excluding hydrogens is 253 g/mol. The van der Waals surface area contributed by atoms with E-state index in [0.717, 1.165) is 25.0 Å². The number of nitrogens with one attached hydrogen (secondary N) is 1. The highest BCUT2D eigenvalue weighted by atomic mass is 19.4. The predicted octanol–water partition coefficient (Wildman–Crippen LogP) is 3.55. The quantitative estimate of drug-likeness (QED) is 0.824. The van der Waals surface area contributed by atoms with Gasteiger partial charge in [0.1, 0.15) is 0 Å². The summed E-state index contributed by atoms with van der Waals surface area (Å²) in [6, 6.07) is 4.56. The van der Waals surface area contributed by atoms with E-state index in [-0.39, 0.29) is 0 Å². The Morgan fingerprint density at radius 3 is 2.17 bits per heavy atom. The molecule has 18 heavy (non-hydrogen) atoms. The molecule has 0 aromatic heterocycles. The van der Waals surface area contributed by atoms with E-state index in [9.17, 15) is 22.0 Å². The lowest BCUT2D eigenvalue weighted by molar-refractivity contribution is -0.289. The first kappa shape index (κ1) is 13.3. The van der Waals surface area contributed by atoms with Crippen molar-refractivity contribution in [2.75, 3.05) is 7.05 Å². The zero-order valence-electron chi connectivity index (χ0n) is 9.61. The van der Waals surface area contributed by atoms with Crippen molar-refractivity contribution >= 4 is 0 Å². The first-order valence-corrected chi connectivity index (χ1v) is 5.47. The van der Waals surface area contributed by atoms with Crippen molar-refractivity contribution < 1.29 is 22.0 Å². The van der Waals surface area contributed by atoms with Crippen LogP contribution in [0, 0.1) is 0 Å². The minimum atomic E-state index is -5.57. The molecule has 0 saturated heterocycles. The van der Waals surface area contributed by atoms with Gasteiger partial charge in [0.25, 0.3) is 0 Å². The smallest absolute Gasteiger partial charge is 0.310 e. The van der Waals surface area contributed by atoms with Crippen LogP contribution in [0.1, 0.15) is 24.0 Å². The van der Waals surface area contributed by atoms with E-state index < -0.39 is 23.2 Å². The molecule has 1 N–H and O–H groups in total. The molecule has 1 aliphatic carbocycles. The number of halogens is 5. The summed E-state index contributed by atoms with van der Waals surface area (Å²) in [7, 11) is 1.67. The van der Waals surface area contributed by atoms with Crippen molar-refractivity contribution in [1.29, 1.82) is 0 Å². The summed E-state index contributed by atoms with van der Waals surface area (Å²) in [4.78, 5) is 0. The van der Waals surface area contributed by atoms with Crippen LogP contribution in [0.25, 0.3) is 0 Å². The number of hydrogen-bond acceptors (Lipinski definition) is 1. The highest BCUT2D eigenvalue weighted by Crippen LogP contribution is 2.48. The van der Waals surface area contributed by atoms with E-state index in [1.165, 1.54) is 6.07 Å². The Bertz CT molecular complexity index is 448. The lowest BCUT2D eigenvalue weighted by Gasteiger charge is -2.22. The topological polar surface area (TPSA) is 12.0 Å². The fraction of sp³-hybridized carbons (Fsp3) is 0.500. The van der Waals surface area contributed by atoms with Crippen LogP contribution in [-0.4, -0.2) is 13.2 Å². The largest absolute Gasteiger partial charge is 0.458 e. The van der Waals surface area contributed by atoms with Gasteiger partial charge in [-0.1, -0.05) is 18.2 Å². The molecule has 0 unspecified atom stereocenters. The number of benzene rings is 1. The van der Waals surface area contributed by atoms with Crippen LogP contribution >= 0.6 is 0 Å². The molecule has 0 aliphatic heterocycles. The van der Waals surface area contributed by atoms with Gasteiger partial charge in [-0.05, 0) is 31.5 Å². The maximum atomic E-state index is 13.2. The molecule has 100 valence electrons. The fourth-order valence-electron chi connectivity index (χ4n) is 1.98. The maximum Gasteiger partial charge on any atom is 0.458 e. The van der Waals surface area contributed by atoms with Crippen LogP contribution in [0.5, 0.6) is 0 Å². The van der Waals surface area contributed by atoms with Crippen LogP contribution in [0.15, 0.2) is 24.3 Å². The van der Waals surface area contributed by atoms with Gasteiger partial charge in [-0.3, -0.25) is 0 Å². The predicted molar refractivity (Wildman–Crippen MR) is 56.4 cm³/mol. The van der Waals surface area contributed by atoms with Gasteiger partial charge in [0, 0.05) is 11.1 Å². The highest BCUT2D eigenvalue weighted by molar-refractivity contribution is 5.36. The summed E-state index contributed by atoms with van der Waals surface area (Å²) in [5.74, 6) is -4.81. The minimum absolute atomic E-state index is 0.433. The Hall–Kier alpha value is -1.17. The van der Waals surface area contributed by atoms with E-state index in [2.05, 4.69) is 5.32 Å². The Labute approximate surface area is 101 Å². The molecular formula is C12H12F5N. The molecule has 0 bridgehead atoms. The first-order chi connectivity index (χ1) is 8.23. The average Bonchev–Trinajstić information content (AvgIpc) is 3.08. The molecule has 0 radical (unpaired) electrons. The van der Waals surface area contributed by atoms with Crippen molar-refractivity contribution in [3.05, 3.63) is 35.4 Å². The van der Waals surface area contributed by atoms with Crippen LogP contribution in [0.4, 0.5) is 22.0 Å². The molecule has 2 rings (SSSR count). The number of rotatable bonds is 3. The van der Waals surface area contributed by atoms with E-state index in [1.54, 1.807) is 13.1 Å². The van der Waals surface area contributed by atoms with Gasteiger partial charge < -0.3 is 5.32 Å². The molecule has 1 aromatic rings. The van der Waals surface area contributed by atoms with E-state index in [0.29, 0.717) is 5.56 Å². The molecule has 1 aliphatic rings. The summed E-state index contributed by atoms with van der Waals surface area (Å²) >= 11 is 0. The Morgan fingerprint density at radius 2 is 1.72 bits per heavy atom. The number of hydrogen-bond donors (Lipinski definition) is 1. The second-order valence-corrected chi connectivity index (χ2v) is 4.49. The fourth-order valence-corrected chi connectivity index (χ4v) is 1.98. The van der Waals surface area contributed by atoms with Crippen molar-refractivity contribution in [1.82, 2.24) is 5.32 Å². The second-order valence-electron chi connectivity index (χ2n) is 4.49. The van der Waals surface area contributed by atoms with Gasteiger partial charge in [0.2, 0.25) is 0 Å². The summed E-state index contributed by atoms with van der Waals surface area (Å²) in [6.07, 6.45) is -4.09. The molecule has 1 nitrogen and oxygen atoms in total. The van der Waals surface area contributed by atoms with Gasteiger partial charge in [-0.2, -0.15) is 22.0 Å². The molecule has 0 heterocycles. The van der Waals surface area contributed by atoms with Crippen molar-refractivity contribution in [2.24, 2.45) is 0 Å². The summed E-state index contributed by atoms with van der Waals surface area (Å²) < 4.78 is 63.3. The lowest BCUT2D eigenvalue weighted by Crippen LogP contribution is -2.34. The molecule has 0 amide bonds. The Morgan fingerprint density at radius 1 is 1.11 bits per heavy atom. The van der Waals surface area contributed by atoms with Crippen LogP contribution < -0.4 is 5.32 Å². The molecule has 0 atom stereocenters. The third-order valence-electron chi connectivity index (χ3n) is 3.36. The molecule has 1 aromatic carbocycles. The molecule has 0 spiro atoms. The van der Waals surface area contributed by atoms with Gasteiger partial charge >= 0.3 is 12.1 Å². The van der Waals surface area contributed by atoms with Crippen molar-refractivity contribution in [3.63, 3.8) is 0 Å². The first-order valence-electron chi connectivity index (χ1n) is 5.47. The Kier molecular flexibility index (Phi) is 2.88. The maximum absolute atomic E-state index is 13.2. The standard InChI is InChI=1S/C12H12F5N/c1-18-10(5-6-10)8-3-2-4-9(7-8)11(13,14)12(15,16)17/h2-4,7,18H,5-6H2,1H3. The van der Waals surface area contributed by atoms with Gasteiger partial charge in [0.15, 0.2) is 0 Å². The summed E-state index contributed by atoms with van der Waals surface area (Å²) in [6.45, 7) is 0. The minimum Gasteiger partial charge on any atom is -0.310 e. The zero-order chi connectivity index (χ0) is 13.6. The van der Waals surface area contributed by atoms with E-state index >= 15 is 0 Å². The monoisotopic (exact) mass is 265 g/mol. The van der Waals surface area contributed by atoms with Crippen LogP contribution in [0.2, 0.25) is 0 Å². The van der Waals surface area contributed by atoms with Gasteiger partial charge in [-0.25, -0.2) is 0 Å². The average molecular weight is 265 g/mol. The third kappa shape index (κ3) is 1.98. The molecule has 1 fully saturated rings. The lowest BCUT2D eigenvalue weighted by atomic mass is 9.99. The second kappa shape index (κ2) is 3.91. The van der Waals surface area contributed by atoms with E-state index in [4.69, 9.17) is 0 Å². The van der Waals surface area contributed by atoms with Crippen molar-refractivity contribution in [3.8, 4) is 0 Å². The molecule has 6 heteroatoms.